The molecule has 0 aromatic carbocycles. The largest absolute Gasteiger partial charge is 0.391 e. The van der Waals surface area contributed by atoms with E-state index in [9.17, 15) is 5.11 Å². The molecule has 0 bridgehead atoms. The van der Waals surface area contributed by atoms with E-state index in [0.717, 1.165) is 11.0 Å². The quantitative estimate of drug-likeness (QED) is 0.554. The second-order valence-electron chi connectivity index (χ2n) is 6.36. The van der Waals surface area contributed by atoms with Gasteiger partial charge in [0.1, 0.15) is 6.54 Å². The minimum Gasteiger partial charge on any atom is -0.391 e. The van der Waals surface area contributed by atoms with Gasteiger partial charge in [0.25, 0.3) is 0 Å². The summed E-state index contributed by atoms with van der Waals surface area (Å²) in [4.78, 5) is 0. The first kappa shape index (κ1) is 18.9. The SMILES string of the molecule is CCCC(C)[N+](CCO)(C(C)CCC)C(C)CCC. The molecule has 0 amide bonds. The predicted octanol–water partition coefficient (Wildman–Crippen LogP) is 4.36. The molecule has 116 valence electrons. The van der Waals surface area contributed by atoms with Crippen molar-refractivity contribution in [3.05, 3.63) is 0 Å². The lowest BCUT2D eigenvalue weighted by atomic mass is 9.95. The Morgan fingerprint density at radius 2 is 1.05 bits per heavy atom. The van der Waals surface area contributed by atoms with Crippen molar-refractivity contribution in [3.8, 4) is 0 Å². The van der Waals surface area contributed by atoms with Crippen LogP contribution >= 0.6 is 0 Å². The third kappa shape index (κ3) is 4.75. The molecule has 3 unspecified atom stereocenters. The first-order valence-electron chi connectivity index (χ1n) is 8.49. The fraction of sp³-hybridized carbons (Fsp3) is 1.00. The fourth-order valence-electron chi connectivity index (χ4n) is 4.11. The lowest BCUT2D eigenvalue weighted by Crippen LogP contribution is -2.65. The molecule has 2 nitrogen and oxygen atoms in total. The van der Waals surface area contributed by atoms with Crippen LogP contribution in [0.15, 0.2) is 0 Å². The minimum absolute atomic E-state index is 0.316. The summed E-state index contributed by atoms with van der Waals surface area (Å²) in [6.45, 7) is 15.3. The second kappa shape index (κ2) is 9.77. The van der Waals surface area contributed by atoms with Crippen LogP contribution in [0.5, 0.6) is 0 Å². The summed E-state index contributed by atoms with van der Waals surface area (Å²) >= 11 is 0. The number of nitrogens with zero attached hydrogens (tertiary/aromatic N) is 1. The van der Waals surface area contributed by atoms with Crippen molar-refractivity contribution in [2.75, 3.05) is 13.2 Å². The molecule has 0 aromatic heterocycles. The van der Waals surface area contributed by atoms with E-state index in [1.165, 1.54) is 38.5 Å². The van der Waals surface area contributed by atoms with E-state index in [4.69, 9.17) is 0 Å². The zero-order valence-electron chi connectivity index (χ0n) is 14.3. The van der Waals surface area contributed by atoms with E-state index in [0.29, 0.717) is 24.7 Å². The first-order valence-corrected chi connectivity index (χ1v) is 8.49. The maximum atomic E-state index is 9.64. The number of aliphatic hydroxyl groups is 1. The molecule has 0 rings (SSSR count). The lowest BCUT2D eigenvalue weighted by Gasteiger charge is -2.52. The van der Waals surface area contributed by atoms with Crippen molar-refractivity contribution in [2.45, 2.75) is 98.2 Å². The van der Waals surface area contributed by atoms with Gasteiger partial charge in [0.05, 0.1) is 24.7 Å². The third-order valence-electron chi connectivity index (χ3n) is 5.07. The van der Waals surface area contributed by atoms with E-state index in [1.807, 2.05) is 0 Å². The molecule has 0 aliphatic rings. The summed E-state index contributed by atoms with van der Waals surface area (Å²) in [6, 6.07) is 1.96. The fourth-order valence-corrected chi connectivity index (χ4v) is 4.11. The maximum absolute atomic E-state index is 9.64. The highest BCUT2D eigenvalue weighted by atomic mass is 16.3. The second-order valence-corrected chi connectivity index (χ2v) is 6.36. The van der Waals surface area contributed by atoms with Crippen LogP contribution in [0.3, 0.4) is 0 Å². The van der Waals surface area contributed by atoms with E-state index in [1.54, 1.807) is 0 Å². The Bertz CT molecular complexity index is 186. The Kier molecular flexibility index (Phi) is 9.72. The standard InChI is InChI=1S/C17H38NO/c1-7-10-15(4)18(13-14-19,16(5)11-8-2)17(6)12-9-3/h15-17,19H,7-14H2,1-6H3/q+1. The Morgan fingerprint density at radius 3 is 1.26 bits per heavy atom. The van der Waals surface area contributed by atoms with Crippen LogP contribution in [-0.4, -0.2) is 40.9 Å². The van der Waals surface area contributed by atoms with Gasteiger partial charge < -0.3 is 9.59 Å². The molecule has 0 aromatic rings. The topological polar surface area (TPSA) is 20.2 Å². The Hall–Kier alpha value is -0.0800. The number of hydrogen-bond donors (Lipinski definition) is 1. The molecule has 0 aliphatic heterocycles. The van der Waals surface area contributed by atoms with Gasteiger partial charge in [-0.25, -0.2) is 0 Å². The highest BCUT2D eigenvalue weighted by Gasteiger charge is 2.42. The van der Waals surface area contributed by atoms with Gasteiger partial charge in [-0.2, -0.15) is 0 Å². The molecule has 1 N–H and O–H groups in total. The molecular formula is C17H38NO+. The zero-order chi connectivity index (χ0) is 14.9. The maximum Gasteiger partial charge on any atom is 0.103 e. The average molecular weight is 272 g/mol. The van der Waals surface area contributed by atoms with Gasteiger partial charge in [0.15, 0.2) is 0 Å². The molecule has 0 fully saturated rings. The molecule has 2 heteroatoms. The predicted molar refractivity (Wildman–Crippen MR) is 85.3 cm³/mol. The van der Waals surface area contributed by atoms with E-state index >= 15 is 0 Å². The Morgan fingerprint density at radius 1 is 0.737 bits per heavy atom. The van der Waals surface area contributed by atoms with Gasteiger partial charge in [-0.15, -0.1) is 0 Å². The Balaban J connectivity index is 5.30. The normalized spacial score (nSPS) is 19.7. The van der Waals surface area contributed by atoms with Crippen LogP contribution in [0, 0.1) is 0 Å². The molecule has 0 aliphatic carbocycles. The highest BCUT2D eigenvalue weighted by Crippen LogP contribution is 2.31. The summed E-state index contributed by atoms with van der Waals surface area (Å²) in [7, 11) is 0. The van der Waals surface area contributed by atoms with Crippen LogP contribution in [0.25, 0.3) is 0 Å². The first-order chi connectivity index (χ1) is 9.00. The van der Waals surface area contributed by atoms with E-state index in [-0.39, 0.29) is 0 Å². The number of quaternary nitrogens is 1. The molecule has 19 heavy (non-hydrogen) atoms. The zero-order valence-corrected chi connectivity index (χ0v) is 14.3. The monoisotopic (exact) mass is 272 g/mol. The van der Waals surface area contributed by atoms with Crippen molar-refractivity contribution < 1.29 is 9.59 Å². The van der Waals surface area contributed by atoms with Crippen LogP contribution in [0.1, 0.15) is 80.1 Å². The van der Waals surface area contributed by atoms with Gasteiger partial charge in [0.2, 0.25) is 0 Å². The van der Waals surface area contributed by atoms with Gasteiger partial charge in [-0.05, 0) is 40.0 Å². The molecule has 0 radical (unpaired) electrons. The summed E-state index contributed by atoms with van der Waals surface area (Å²) < 4.78 is 1.12. The third-order valence-corrected chi connectivity index (χ3v) is 5.07. The van der Waals surface area contributed by atoms with Crippen molar-refractivity contribution in [3.63, 3.8) is 0 Å². The van der Waals surface area contributed by atoms with Crippen molar-refractivity contribution >= 4 is 0 Å². The van der Waals surface area contributed by atoms with Gasteiger partial charge in [0, 0.05) is 0 Å². The van der Waals surface area contributed by atoms with Crippen LogP contribution in [-0.2, 0) is 0 Å². The van der Waals surface area contributed by atoms with Gasteiger partial charge >= 0.3 is 0 Å². The van der Waals surface area contributed by atoms with Gasteiger partial charge in [-0.3, -0.25) is 0 Å². The number of aliphatic hydroxyl groups excluding tert-OH is 1. The molecule has 3 atom stereocenters. The summed E-state index contributed by atoms with van der Waals surface area (Å²) in [6.07, 6.45) is 7.52. The molecule has 0 spiro atoms. The van der Waals surface area contributed by atoms with Crippen molar-refractivity contribution in [2.24, 2.45) is 0 Å². The summed E-state index contributed by atoms with van der Waals surface area (Å²) in [5.74, 6) is 0. The number of rotatable bonds is 11. The van der Waals surface area contributed by atoms with Crippen LogP contribution in [0.4, 0.5) is 0 Å². The number of hydrogen-bond acceptors (Lipinski definition) is 1. The molecule has 0 heterocycles. The lowest BCUT2D eigenvalue weighted by molar-refractivity contribution is -0.991. The summed E-state index contributed by atoms with van der Waals surface area (Å²) in [5, 5.41) is 9.64. The minimum atomic E-state index is 0.316. The molecular weight excluding hydrogens is 234 g/mol. The van der Waals surface area contributed by atoms with E-state index < -0.39 is 0 Å². The Labute approximate surface area is 121 Å². The van der Waals surface area contributed by atoms with Crippen LogP contribution < -0.4 is 0 Å². The van der Waals surface area contributed by atoms with Crippen LogP contribution in [0.2, 0.25) is 0 Å². The van der Waals surface area contributed by atoms with Crippen molar-refractivity contribution in [1.82, 2.24) is 0 Å². The average Bonchev–Trinajstić information content (AvgIpc) is 2.36. The van der Waals surface area contributed by atoms with Gasteiger partial charge in [-0.1, -0.05) is 40.0 Å². The summed E-state index contributed by atoms with van der Waals surface area (Å²) in [5.41, 5.74) is 0. The molecule has 0 saturated carbocycles. The smallest absolute Gasteiger partial charge is 0.103 e. The molecule has 0 saturated heterocycles. The van der Waals surface area contributed by atoms with Crippen molar-refractivity contribution in [1.29, 1.82) is 0 Å². The van der Waals surface area contributed by atoms with E-state index in [2.05, 4.69) is 41.5 Å². The highest BCUT2D eigenvalue weighted by molar-refractivity contribution is 4.67.